The van der Waals surface area contributed by atoms with Crippen molar-refractivity contribution in [1.29, 1.82) is 0 Å². The highest BCUT2D eigenvalue weighted by molar-refractivity contribution is 5.77. The van der Waals surface area contributed by atoms with Crippen LogP contribution in [0, 0.1) is 0 Å². The van der Waals surface area contributed by atoms with Gasteiger partial charge >= 0.3 is 0 Å². The monoisotopic (exact) mass is 285 g/mol. The van der Waals surface area contributed by atoms with E-state index >= 15 is 0 Å². The molecule has 0 amide bonds. The van der Waals surface area contributed by atoms with Crippen molar-refractivity contribution in [2.75, 3.05) is 13.6 Å². The number of benzene rings is 1. The van der Waals surface area contributed by atoms with Crippen LogP contribution in [0.4, 0.5) is 0 Å². The van der Waals surface area contributed by atoms with Gasteiger partial charge in [0.05, 0.1) is 6.20 Å². The van der Waals surface area contributed by atoms with Crippen LogP contribution in [0.5, 0.6) is 0 Å². The third kappa shape index (κ3) is 3.15. The molecule has 2 aromatic heterocycles. The summed E-state index contributed by atoms with van der Waals surface area (Å²) < 4.78 is 7.47. The number of hydrogen-bond donors (Lipinski definition) is 1. The average molecular weight is 285 g/mol. The van der Waals surface area contributed by atoms with Crippen molar-refractivity contribution in [2.45, 2.75) is 12.6 Å². The first-order chi connectivity index (χ1) is 10.1. The molecular formula is C16H19N3O2. The molecule has 0 fully saturated rings. The standard InChI is InChI=1S/C16H19N3O2/c1-18(9-12-8-17-19(2)10-12)11-14(20)16-7-13-5-3-4-6-15(13)21-16/h3-8,10,14,20H,9,11H2,1-2H3. The Hall–Kier alpha value is -2.11. The molecular weight excluding hydrogens is 266 g/mol. The van der Waals surface area contributed by atoms with Crippen molar-refractivity contribution in [3.63, 3.8) is 0 Å². The number of fused-ring (bicyclic) bond motifs is 1. The maximum absolute atomic E-state index is 10.3. The first-order valence-corrected chi connectivity index (χ1v) is 6.94. The number of aromatic nitrogens is 2. The van der Waals surface area contributed by atoms with Gasteiger partial charge in [-0.3, -0.25) is 9.58 Å². The summed E-state index contributed by atoms with van der Waals surface area (Å²) in [6.07, 6.45) is 3.17. The van der Waals surface area contributed by atoms with Crippen molar-refractivity contribution in [3.05, 3.63) is 54.0 Å². The zero-order chi connectivity index (χ0) is 14.8. The van der Waals surface area contributed by atoms with Gasteiger partial charge < -0.3 is 9.52 Å². The van der Waals surface area contributed by atoms with E-state index < -0.39 is 6.10 Å². The Balaban J connectivity index is 1.66. The molecule has 2 heterocycles. The lowest BCUT2D eigenvalue weighted by Crippen LogP contribution is -2.23. The van der Waals surface area contributed by atoms with E-state index in [4.69, 9.17) is 4.42 Å². The number of para-hydroxylation sites is 1. The number of furan rings is 1. The first-order valence-electron chi connectivity index (χ1n) is 6.94. The Morgan fingerprint density at radius 2 is 2.19 bits per heavy atom. The molecule has 0 radical (unpaired) electrons. The molecule has 0 aliphatic carbocycles. The summed E-state index contributed by atoms with van der Waals surface area (Å²) in [6, 6.07) is 9.68. The molecule has 1 N–H and O–H groups in total. The number of nitrogens with zero attached hydrogens (tertiary/aromatic N) is 3. The highest BCUT2D eigenvalue weighted by Gasteiger charge is 2.16. The van der Waals surface area contributed by atoms with Crippen molar-refractivity contribution in [2.24, 2.45) is 7.05 Å². The van der Waals surface area contributed by atoms with Crippen molar-refractivity contribution in [1.82, 2.24) is 14.7 Å². The van der Waals surface area contributed by atoms with Crippen molar-refractivity contribution < 1.29 is 9.52 Å². The minimum Gasteiger partial charge on any atom is -0.458 e. The van der Waals surface area contributed by atoms with E-state index in [9.17, 15) is 5.11 Å². The molecule has 1 unspecified atom stereocenters. The summed E-state index contributed by atoms with van der Waals surface area (Å²) in [6.45, 7) is 1.25. The third-order valence-corrected chi connectivity index (χ3v) is 3.47. The Kier molecular flexibility index (Phi) is 3.77. The molecule has 0 saturated heterocycles. The number of likely N-dealkylation sites (N-methyl/N-ethyl adjacent to an activating group) is 1. The van der Waals surface area contributed by atoms with Crippen LogP contribution < -0.4 is 0 Å². The van der Waals surface area contributed by atoms with E-state index in [1.165, 1.54) is 0 Å². The molecule has 0 bridgehead atoms. The molecule has 5 heteroatoms. The van der Waals surface area contributed by atoms with Crippen LogP contribution in [0.25, 0.3) is 11.0 Å². The second-order valence-corrected chi connectivity index (χ2v) is 5.42. The number of rotatable bonds is 5. The summed E-state index contributed by atoms with van der Waals surface area (Å²) in [7, 11) is 3.87. The molecule has 3 rings (SSSR count). The predicted octanol–water partition coefficient (Wildman–Crippen LogP) is 2.33. The van der Waals surface area contributed by atoms with Crippen LogP contribution in [0.3, 0.4) is 0 Å². The summed E-state index contributed by atoms with van der Waals surface area (Å²) in [4.78, 5) is 2.05. The van der Waals surface area contributed by atoms with Crippen LogP contribution in [-0.4, -0.2) is 33.4 Å². The summed E-state index contributed by atoms with van der Waals surface area (Å²) in [5.74, 6) is 0.606. The van der Waals surface area contributed by atoms with Gasteiger partial charge in [-0.25, -0.2) is 0 Å². The quantitative estimate of drug-likeness (QED) is 0.781. The minimum atomic E-state index is -0.640. The van der Waals surface area contributed by atoms with Gasteiger partial charge in [-0.2, -0.15) is 5.10 Å². The van der Waals surface area contributed by atoms with Gasteiger partial charge in [0.15, 0.2) is 0 Å². The number of aryl methyl sites for hydroxylation is 1. The molecule has 3 aromatic rings. The lowest BCUT2D eigenvalue weighted by molar-refractivity contribution is 0.105. The topological polar surface area (TPSA) is 54.4 Å². The lowest BCUT2D eigenvalue weighted by atomic mass is 10.2. The van der Waals surface area contributed by atoms with E-state index in [1.54, 1.807) is 4.68 Å². The molecule has 0 aliphatic heterocycles. The molecule has 0 saturated carbocycles. The van der Waals surface area contributed by atoms with E-state index in [0.717, 1.165) is 23.1 Å². The SMILES string of the molecule is CN(Cc1cnn(C)c1)CC(O)c1cc2ccccc2o1. The fraction of sp³-hybridized carbons (Fsp3) is 0.312. The first kappa shape index (κ1) is 13.9. The Morgan fingerprint density at radius 1 is 1.38 bits per heavy atom. The summed E-state index contributed by atoms with van der Waals surface area (Å²) in [5, 5.41) is 15.5. The van der Waals surface area contributed by atoms with Gasteiger partial charge in [-0.1, -0.05) is 18.2 Å². The van der Waals surface area contributed by atoms with E-state index in [0.29, 0.717) is 12.3 Å². The number of aliphatic hydroxyl groups excluding tert-OH is 1. The Bertz CT molecular complexity index is 699. The fourth-order valence-corrected chi connectivity index (χ4v) is 2.48. The zero-order valence-corrected chi connectivity index (χ0v) is 12.2. The Labute approximate surface area is 123 Å². The van der Waals surface area contributed by atoms with E-state index in [2.05, 4.69) is 10.00 Å². The van der Waals surface area contributed by atoms with Gasteiger partial charge in [0.1, 0.15) is 17.4 Å². The Morgan fingerprint density at radius 3 is 2.90 bits per heavy atom. The van der Waals surface area contributed by atoms with Crippen LogP contribution >= 0.6 is 0 Å². The second kappa shape index (κ2) is 5.71. The summed E-state index contributed by atoms with van der Waals surface area (Å²) >= 11 is 0. The van der Waals surface area contributed by atoms with Crippen LogP contribution in [-0.2, 0) is 13.6 Å². The highest BCUT2D eigenvalue weighted by Crippen LogP contribution is 2.24. The van der Waals surface area contributed by atoms with Gasteiger partial charge in [0.2, 0.25) is 0 Å². The molecule has 0 aliphatic rings. The molecule has 5 nitrogen and oxygen atoms in total. The summed E-state index contributed by atoms with van der Waals surface area (Å²) in [5.41, 5.74) is 1.93. The normalized spacial score (nSPS) is 13.1. The highest BCUT2D eigenvalue weighted by atomic mass is 16.4. The smallest absolute Gasteiger partial charge is 0.135 e. The second-order valence-electron chi connectivity index (χ2n) is 5.42. The lowest BCUT2D eigenvalue weighted by Gasteiger charge is -2.18. The maximum Gasteiger partial charge on any atom is 0.135 e. The van der Waals surface area contributed by atoms with Crippen LogP contribution in [0.2, 0.25) is 0 Å². The molecule has 1 aromatic carbocycles. The van der Waals surface area contributed by atoms with Gasteiger partial charge in [0, 0.05) is 37.3 Å². The van der Waals surface area contributed by atoms with Crippen LogP contribution in [0.1, 0.15) is 17.4 Å². The van der Waals surface area contributed by atoms with Crippen molar-refractivity contribution >= 4 is 11.0 Å². The maximum atomic E-state index is 10.3. The molecule has 21 heavy (non-hydrogen) atoms. The molecule has 1 atom stereocenters. The average Bonchev–Trinajstić information content (AvgIpc) is 3.04. The zero-order valence-electron chi connectivity index (χ0n) is 12.2. The fourth-order valence-electron chi connectivity index (χ4n) is 2.48. The molecule has 0 spiro atoms. The van der Waals surface area contributed by atoms with Gasteiger partial charge in [0.25, 0.3) is 0 Å². The van der Waals surface area contributed by atoms with Gasteiger partial charge in [-0.05, 0) is 19.2 Å². The van der Waals surface area contributed by atoms with Crippen LogP contribution in [0.15, 0.2) is 47.1 Å². The largest absolute Gasteiger partial charge is 0.458 e. The van der Waals surface area contributed by atoms with Crippen molar-refractivity contribution in [3.8, 4) is 0 Å². The molecule has 110 valence electrons. The number of aliphatic hydroxyl groups is 1. The minimum absolute atomic E-state index is 0.509. The third-order valence-electron chi connectivity index (χ3n) is 3.47. The van der Waals surface area contributed by atoms with E-state index in [-0.39, 0.29) is 0 Å². The van der Waals surface area contributed by atoms with Gasteiger partial charge in [-0.15, -0.1) is 0 Å². The predicted molar refractivity (Wildman–Crippen MR) is 80.7 cm³/mol. The van der Waals surface area contributed by atoms with E-state index in [1.807, 2.05) is 56.8 Å². The number of hydrogen-bond acceptors (Lipinski definition) is 4.